The summed E-state index contributed by atoms with van der Waals surface area (Å²) in [6.07, 6.45) is 46.7. The zero-order chi connectivity index (χ0) is 43.8. The fourth-order valence-corrected chi connectivity index (χ4v) is 10.6. The third kappa shape index (κ3) is 49.9. The summed E-state index contributed by atoms with van der Waals surface area (Å²) in [5.41, 5.74) is 0. The zero-order valence-corrected chi connectivity index (χ0v) is 44.0. The van der Waals surface area contributed by atoms with Crippen LogP contribution in [-0.2, 0) is 44.7 Å². The van der Waals surface area contributed by atoms with Gasteiger partial charge in [-0.1, -0.05) is 206 Å². The van der Waals surface area contributed by atoms with Crippen molar-refractivity contribution in [1.82, 2.24) is 0 Å². The Morgan fingerprint density at radius 3 is 0.917 bits per heavy atom. The van der Waals surface area contributed by atoms with Crippen LogP contribution in [0.15, 0.2) is 0 Å². The maximum atomic E-state index is 12.8. The van der Waals surface area contributed by atoms with Crippen LogP contribution in [0.25, 0.3) is 0 Å². The SMILES string of the molecule is CCCCCCCCCCCCCCCCCCSCC(CO[P+](=O)OCC(CSCCCCCCCCCCCCCCCCCC)OCCS(C)=O)OCCS(C)=O. The van der Waals surface area contributed by atoms with Gasteiger partial charge in [0.2, 0.25) is 0 Å². The molecule has 0 radical (unpaired) electrons. The maximum Gasteiger partial charge on any atom is 0.697 e. The van der Waals surface area contributed by atoms with Crippen molar-refractivity contribution in [3.05, 3.63) is 0 Å². The first-order valence-electron chi connectivity index (χ1n) is 25.1. The van der Waals surface area contributed by atoms with Crippen LogP contribution in [0.1, 0.15) is 219 Å². The molecule has 0 aliphatic carbocycles. The number of ether oxygens (including phenoxy) is 2. The lowest BCUT2D eigenvalue weighted by molar-refractivity contribution is 0.0268. The fourth-order valence-electron chi connectivity index (χ4n) is 7.21. The van der Waals surface area contributed by atoms with Gasteiger partial charge in [0, 0.05) is 61.7 Å². The van der Waals surface area contributed by atoms with E-state index in [4.69, 9.17) is 18.5 Å². The molecule has 0 spiro atoms. The first kappa shape index (κ1) is 60.9. The van der Waals surface area contributed by atoms with Crippen LogP contribution in [0.2, 0.25) is 0 Å². The Hall–Kier alpha value is 0.940. The number of unbranched alkanes of at least 4 members (excludes halogenated alkanes) is 30. The smallest absolute Gasteiger partial charge is 0.374 e. The summed E-state index contributed by atoms with van der Waals surface area (Å²) in [6, 6.07) is 0. The highest BCUT2D eigenvalue weighted by Gasteiger charge is 2.26. The molecule has 0 aromatic carbocycles. The van der Waals surface area contributed by atoms with Gasteiger partial charge < -0.3 is 9.47 Å². The molecule has 4 atom stereocenters. The first-order chi connectivity index (χ1) is 29.4. The van der Waals surface area contributed by atoms with Gasteiger partial charge in [0.25, 0.3) is 0 Å². The minimum Gasteiger partial charge on any atom is -0.374 e. The molecule has 0 aromatic heterocycles. The predicted octanol–water partition coefficient (Wildman–Crippen LogP) is 15.2. The van der Waals surface area contributed by atoms with Gasteiger partial charge >= 0.3 is 8.25 Å². The van der Waals surface area contributed by atoms with E-state index in [-0.39, 0.29) is 25.4 Å². The Morgan fingerprint density at radius 2 is 0.667 bits per heavy atom. The van der Waals surface area contributed by atoms with E-state index in [1.54, 1.807) is 12.5 Å². The molecule has 360 valence electrons. The summed E-state index contributed by atoms with van der Waals surface area (Å²) in [4.78, 5) is 0. The van der Waals surface area contributed by atoms with Gasteiger partial charge in [-0.3, -0.25) is 8.42 Å². The molecule has 0 aliphatic rings. The van der Waals surface area contributed by atoms with Crippen LogP contribution in [0.4, 0.5) is 0 Å². The fraction of sp³-hybridized carbons (Fsp3) is 1.00. The highest BCUT2D eigenvalue weighted by molar-refractivity contribution is 7.99. The van der Waals surface area contributed by atoms with Crippen molar-refractivity contribution in [1.29, 1.82) is 0 Å². The van der Waals surface area contributed by atoms with Crippen molar-refractivity contribution in [2.75, 3.05) is 73.5 Å². The quantitative estimate of drug-likeness (QED) is 0.0437. The molecule has 12 heteroatoms. The summed E-state index contributed by atoms with van der Waals surface area (Å²) in [5, 5.41) is 0. The Bertz CT molecular complexity index is 865. The second kappa shape index (κ2) is 50.9. The monoisotopic (exact) mass is 946 g/mol. The standard InChI is InChI=1S/C48H98O7PS4/c1-5-7-9-11-13-15-17-19-21-23-25-27-29-31-33-35-39-57-45-47(52-37-41-59(3)50)43-54-56(49)55-44-48(53-38-42-60(4)51)46-58-40-36-34-32-30-28-26-24-22-20-18-16-14-12-10-8-6-2/h47-48H,5-46H2,1-4H3/q+1. The molecular weight excluding hydrogens is 848 g/mol. The molecule has 0 rings (SSSR count). The lowest BCUT2D eigenvalue weighted by Crippen LogP contribution is -2.25. The van der Waals surface area contributed by atoms with Gasteiger partial charge in [-0.15, -0.1) is 9.05 Å². The summed E-state index contributed by atoms with van der Waals surface area (Å²) in [6.45, 7) is 5.69. The van der Waals surface area contributed by atoms with Crippen LogP contribution in [0, 0.1) is 0 Å². The van der Waals surface area contributed by atoms with Crippen molar-refractivity contribution < 1.29 is 31.5 Å². The van der Waals surface area contributed by atoms with Gasteiger partial charge in [0.1, 0.15) is 13.2 Å². The number of thioether (sulfide) groups is 2. The molecule has 7 nitrogen and oxygen atoms in total. The molecule has 0 saturated heterocycles. The van der Waals surface area contributed by atoms with E-state index in [0.29, 0.717) is 24.7 Å². The van der Waals surface area contributed by atoms with Gasteiger partial charge in [0.15, 0.2) is 0 Å². The number of hydrogen-bond donors (Lipinski definition) is 0. The van der Waals surface area contributed by atoms with Crippen LogP contribution in [0.3, 0.4) is 0 Å². The topological polar surface area (TPSA) is 88.1 Å². The van der Waals surface area contributed by atoms with E-state index in [0.717, 1.165) is 23.0 Å². The van der Waals surface area contributed by atoms with Crippen molar-refractivity contribution in [2.24, 2.45) is 0 Å². The molecule has 0 amide bonds. The van der Waals surface area contributed by atoms with Crippen molar-refractivity contribution in [3.63, 3.8) is 0 Å². The molecule has 0 aliphatic heterocycles. The molecule has 0 bridgehead atoms. The number of hydrogen-bond acceptors (Lipinski definition) is 9. The molecule has 0 heterocycles. The second-order valence-corrected chi connectivity index (χ2v) is 23.5. The van der Waals surface area contributed by atoms with Gasteiger partial charge in [-0.25, -0.2) is 0 Å². The van der Waals surface area contributed by atoms with E-state index in [9.17, 15) is 13.0 Å². The summed E-state index contributed by atoms with van der Waals surface area (Å²) >= 11 is 3.70. The lowest BCUT2D eigenvalue weighted by Gasteiger charge is -2.16. The highest BCUT2D eigenvalue weighted by atomic mass is 32.2. The third-order valence-corrected chi connectivity index (χ3v) is 15.6. The molecule has 60 heavy (non-hydrogen) atoms. The molecular formula is C48H98O7PS4+. The predicted molar refractivity (Wildman–Crippen MR) is 271 cm³/mol. The minimum atomic E-state index is -2.33. The molecule has 4 unspecified atom stereocenters. The molecule has 0 N–H and O–H groups in total. The van der Waals surface area contributed by atoms with Crippen LogP contribution < -0.4 is 0 Å². The Morgan fingerprint density at radius 1 is 0.417 bits per heavy atom. The highest BCUT2D eigenvalue weighted by Crippen LogP contribution is 2.26. The molecule has 0 fully saturated rings. The van der Waals surface area contributed by atoms with Crippen molar-refractivity contribution >= 4 is 53.4 Å². The maximum absolute atomic E-state index is 12.8. The molecule has 0 saturated carbocycles. The third-order valence-electron chi connectivity index (χ3n) is 11.1. The average molecular weight is 947 g/mol. The van der Waals surface area contributed by atoms with E-state index in [1.807, 2.05) is 23.5 Å². The number of rotatable bonds is 52. The first-order valence-corrected chi connectivity index (χ1v) is 32.0. The van der Waals surface area contributed by atoms with Crippen LogP contribution in [-0.4, -0.2) is 94.1 Å². The summed E-state index contributed by atoms with van der Waals surface area (Å²) in [7, 11) is -4.19. The second-order valence-electron chi connectivity index (χ2n) is 17.1. The van der Waals surface area contributed by atoms with E-state index < -0.39 is 29.9 Å². The van der Waals surface area contributed by atoms with E-state index in [2.05, 4.69) is 13.8 Å². The van der Waals surface area contributed by atoms with Crippen LogP contribution >= 0.6 is 31.8 Å². The minimum absolute atomic E-state index is 0.172. The van der Waals surface area contributed by atoms with Gasteiger partial charge in [-0.05, 0) is 24.3 Å². The lowest BCUT2D eigenvalue weighted by atomic mass is 10.0. The van der Waals surface area contributed by atoms with Crippen molar-refractivity contribution in [3.8, 4) is 0 Å². The molecule has 0 aromatic rings. The van der Waals surface area contributed by atoms with Gasteiger partial charge in [-0.2, -0.15) is 23.5 Å². The Kier molecular flexibility index (Phi) is 51.7. The summed E-state index contributed by atoms with van der Waals surface area (Å²) in [5.74, 6) is 4.57. The Balaban J connectivity index is 4.16. The van der Waals surface area contributed by atoms with E-state index >= 15 is 0 Å². The average Bonchev–Trinajstić information content (AvgIpc) is 3.23. The Labute approximate surface area is 387 Å². The largest absolute Gasteiger partial charge is 0.697 e. The normalized spacial score (nSPS) is 14.1. The van der Waals surface area contributed by atoms with Crippen LogP contribution in [0.5, 0.6) is 0 Å². The van der Waals surface area contributed by atoms with E-state index in [1.165, 1.54) is 205 Å². The zero-order valence-electron chi connectivity index (χ0n) is 39.8. The van der Waals surface area contributed by atoms with Crippen molar-refractivity contribution in [2.45, 2.75) is 232 Å². The summed E-state index contributed by atoms with van der Waals surface area (Å²) < 4.78 is 59.3. The van der Waals surface area contributed by atoms with Gasteiger partial charge in [0.05, 0.1) is 25.4 Å².